The molecule has 0 aliphatic heterocycles. The second kappa shape index (κ2) is 8.06. The third kappa shape index (κ3) is 5.45. The summed E-state index contributed by atoms with van der Waals surface area (Å²) in [5.41, 5.74) is 1.92. The summed E-state index contributed by atoms with van der Waals surface area (Å²) in [6, 6.07) is 7.84. The zero-order valence-corrected chi connectivity index (χ0v) is 14.5. The van der Waals surface area contributed by atoms with Crippen LogP contribution in [0.25, 0.3) is 11.5 Å². The average molecular weight is 331 g/mol. The third-order valence-electron chi connectivity index (χ3n) is 3.88. The molecule has 0 radical (unpaired) electrons. The number of aliphatic hydroxyl groups is 1. The van der Waals surface area contributed by atoms with Gasteiger partial charge in [0.1, 0.15) is 0 Å². The van der Waals surface area contributed by atoms with Crippen LogP contribution in [0.2, 0.25) is 0 Å². The van der Waals surface area contributed by atoms with Crippen molar-refractivity contribution >= 4 is 5.91 Å². The van der Waals surface area contributed by atoms with E-state index in [4.69, 9.17) is 9.52 Å². The highest BCUT2D eigenvalue weighted by molar-refractivity contribution is 5.76. The number of nitrogens with zero attached hydrogens (tertiary/aromatic N) is 2. The first-order valence-electron chi connectivity index (χ1n) is 8.16. The van der Waals surface area contributed by atoms with Gasteiger partial charge in [0.2, 0.25) is 17.7 Å². The largest absolute Gasteiger partial charge is 0.421 e. The van der Waals surface area contributed by atoms with Crippen LogP contribution in [0.5, 0.6) is 0 Å². The number of carbonyl (C=O) groups excluding carboxylic acids is 1. The van der Waals surface area contributed by atoms with Crippen LogP contribution in [0, 0.1) is 12.3 Å². The van der Waals surface area contributed by atoms with Gasteiger partial charge in [-0.25, -0.2) is 0 Å². The Bertz CT molecular complexity index is 662. The Morgan fingerprint density at radius 1 is 1.25 bits per heavy atom. The first-order valence-corrected chi connectivity index (χ1v) is 8.16. The topological polar surface area (TPSA) is 88.2 Å². The third-order valence-corrected chi connectivity index (χ3v) is 3.88. The molecule has 24 heavy (non-hydrogen) atoms. The molecule has 1 amide bonds. The number of rotatable bonds is 8. The molecule has 0 aliphatic carbocycles. The number of aliphatic hydroxyl groups excluding tert-OH is 1. The summed E-state index contributed by atoms with van der Waals surface area (Å²) in [4.78, 5) is 11.9. The molecular weight excluding hydrogens is 306 g/mol. The number of amides is 1. The van der Waals surface area contributed by atoms with E-state index in [1.54, 1.807) is 0 Å². The minimum Gasteiger partial charge on any atom is -0.421 e. The maximum atomic E-state index is 11.9. The highest BCUT2D eigenvalue weighted by atomic mass is 16.4. The highest BCUT2D eigenvalue weighted by Gasteiger charge is 2.18. The van der Waals surface area contributed by atoms with Crippen molar-refractivity contribution in [3.63, 3.8) is 0 Å². The van der Waals surface area contributed by atoms with E-state index in [1.807, 2.05) is 45.0 Å². The minimum absolute atomic E-state index is 0.0592. The van der Waals surface area contributed by atoms with E-state index >= 15 is 0 Å². The summed E-state index contributed by atoms with van der Waals surface area (Å²) >= 11 is 0. The molecule has 0 spiro atoms. The molecule has 1 aromatic heterocycles. The molecule has 0 unspecified atom stereocenters. The van der Waals surface area contributed by atoms with Crippen LogP contribution in [0.3, 0.4) is 0 Å². The van der Waals surface area contributed by atoms with Gasteiger partial charge in [0, 0.05) is 31.6 Å². The lowest BCUT2D eigenvalue weighted by molar-refractivity contribution is -0.121. The van der Waals surface area contributed by atoms with E-state index in [0.29, 0.717) is 37.6 Å². The van der Waals surface area contributed by atoms with Crippen molar-refractivity contribution in [1.29, 1.82) is 0 Å². The summed E-state index contributed by atoms with van der Waals surface area (Å²) in [6.07, 6.45) is 1.35. The van der Waals surface area contributed by atoms with Crippen LogP contribution in [0.15, 0.2) is 28.7 Å². The molecule has 0 saturated carbocycles. The van der Waals surface area contributed by atoms with Gasteiger partial charge in [-0.1, -0.05) is 31.5 Å². The predicted octanol–water partition coefficient (Wildman–Crippen LogP) is 2.50. The fraction of sp³-hybridized carbons (Fsp3) is 0.500. The molecule has 2 aromatic rings. The molecule has 6 nitrogen and oxygen atoms in total. The highest BCUT2D eigenvalue weighted by Crippen LogP contribution is 2.19. The van der Waals surface area contributed by atoms with Crippen molar-refractivity contribution in [2.75, 3.05) is 13.2 Å². The second-order valence-electron chi connectivity index (χ2n) is 6.78. The van der Waals surface area contributed by atoms with Crippen molar-refractivity contribution in [2.45, 2.75) is 40.0 Å². The SMILES string of the molecule is Cc1ccc(-c2nnc(CCC(=O)NCC(C)(C)CCO)o2)cc1. The summed E-state index contributed by atoms with van der Waals surface area (Å²) in [6.45, 7) is 6.69. The maximum absolute atomic E-state index is 11.9. The zero-order chi connectivity index (χ0) is 17.6. The molecule has 0 fully saturated rings. The fourth-order valence-electron chi connectivity index (χ4n) is 2.21. The molecular formula is C18H25N3O3. The lowest BCUT2D eigenvalue weighted by Gasteiger charge is -2.23. The molecule has 0 aliphatic rings. The number of carbonyl (C=O) groups is 1. The monoisotopic (exact) mass is 331 g/mol. The van der Waals surface area contributed by atoms with Gasteiger partial charge in [-0.15, -0.1) is 10.2 Å². The number of benzene rings is 1. The number of nitrogens with one attached hydrogen (secondary N) is 1. The lowest BCUT2D eigenvalue weighted by atomic mass is 9.90. The minimum atomic E-state index is -0.118. The van der Waals surface area contributed by atoms with Gasteiger partial charge in [0.25, 0.3) is 0 Å². The predicted molar refractivity (Wildman–Crippen MR) is 91.3 cm³/mol. The van der Waals surface area contributed by atoms with Gasteiger partial charge in [0.05, 0.1) is 0 Å². The van der Waals surface area contributed by atoms with Crippen LogP contribution < -0.4 is 5.32 Å². The van der Waals surface area contributed by atoms with Gasteiger partial charge < -0.3 is 14.8 Å². The van der Waals surface area contributed by atoms with E-state index in [9.17, 15) is 4.79 Å². The van der Waals surface area contributed by atoms with Crippen LogP contribution in [0.4, 0.5) is 0 Å². The first-order chi connectivity index (χ1) is 11.4. The Morgan fingerprint density at radius 3 is 2.62 bits per heavy atom. The quantitative estimate of drug-likeness (QED) is 0.776. The van der Waals surface area contributed by atoms with Crippen LogP contribution >= 0.6 is 0 Å². The maximum Gasteiger partial charge on any atom is 0.247 e. The normalized spacial score (nSPS) is 11.5. The van der Waals surface area contributed by atoms with Crippen LogP contribution in [-0.2, 0) is 11.2 Å². The zero-order valence-electron chi connectivity index (χ0n) is 14.5. The number of aromatic nitrogens is 2. The Hall–Kier alpha value is -2.21. The lowest BCUT2D eigenvalue weighted by Crippen LogP contribution is -2.34. The van der Waals surface area contributed by atoms with Crippen LogP contribution in [-0.4, -0.2) is 34.4 Å². The molecule has 130 valence electrons. The molecule has 2 rings (SSSR count). The average Bonchev–Trinajstić information content (AvgIpc) is 3.01. The van der Waals surface area contributed by atoms with E-state index in [0.717, 1.165) is 5.56 Å². The van der Waals surface area contributed by atoms with Gasteiger partial charge in [-0.05, 0) is 30.9 Å². The molecule has 0 saturated heterocycles. The Morgan fingerprint density at radius 2 is 1.96 bits per heavy atom. The Balaban J connectivity index is 1.82. The van der Waals surface area contributed by atoms with Crippen molar-refractivity contribution in [3.8, 4) is 11.5 Å². The Kier molecular flexibility index (Phi) is 6.09. The fourth-order valence-corrected chi connectivity index (χ4v) is 2.21. The van der Waals surface area contributed by atoms with Gasteiger partial charge in [-0.2, -0.15) is 0 Å². The molecule has 1 aromatic carbocycles. The van der Waals surface area contributed by atoms with E-state index in [2.05, 4.69) is 15.5 Å². The smallest absolute Gasteiger partial charge is 0.247 e. The van der Waals surface area contributed by atoms with Gasteiger partial charge >= 0.3 is 0 Å². The van der Waals surface area contributed by atoms with Crippen molar-refractivity contribution in [3.05, 3.63) is 35.7 Å². The van der Waals surface area contributed by atoms with Crippen molar-refractivity contribution in [1.82, 2.24) is 15.5 Å². The van der Waals surface area contributed by atoms with Gasteiger partial charge in [0.15, 0.2) is 0 Å². The number of hydrogen-bond acceptors (Lipinski definition) is 5. The molecule has 0 bridgehead atoms. The summed E-state index contributed by atoms with van der Waals surface area (Å²) in [7, 11) is 0. The molecule has 6 heteroatoms. The van der Waals surface area contributed by atoms with E-state index in [-0.39, 0.29) is 17.9 Å². The van der Waals surface area contributed by atoms with Gasteiger partial charge in [-0.3, -0.25) is 4.79 Å². The van der Waals surface area contributed by atoms with E-state index < -0.39 is 0 Å². The summed E-state index contributed by atoms with van der Waals surface area (Å²) in [5.74, 6) is 0.862. The number of aryl methyl sites for hydroxylation is 2. The molecule has 0 atom stereocenters. The Labute approximate surface area is 142 Å². The molecule has 2 N–H and O–H groups in total. The summed E-state index contributed by atoms with van der Waals surface area (Å²) in [5, 5.41) is 19.9. The van der Waals surface area contributed by atoms with Crippen LogP contribution in [0.1, 0.15) is 38.1 Å². The first kappa shape index (κ1) is 18.1. The van der Waals surface area contributed by atoms with E-state index in [1.165, 1.54) is 5.56 Å². The van der Waals surface area contributed by atoms with Crippen molar-refractivity contribution in [2.24, 2.45) is 5.41 Å². The second-order valence-corrected chi connectivity index (χ2v) is 6.78. The standard InChI is InChI=1S/C18H25N3O3/c1-13-4-6-14(7-5-13)17-21-20-16(24-17)9-8-15(23)19-12-18(2,3)10-11-22/h4-7,22H,8-12H2,1-3H3,(H,19,23). The van der Waals surface area contributed by atoms with Crippen molar-refractivity contribution < 1.29 is 14.3 Å². The number of hydrogen-bond donors (Lipinski definition) is 2. The summed E-state index contributed by atoms with van der Waals surface area (Å²) < 4.78 is 5.61. The molecule has 1 heterocycles.